The molecule has 27 heavy (non-hydrogen) atoms. The normalized spacial score (nSPS) is 21.4. The Balaban J connectivity index is 2.01. The molecule has 0 spiro atoms. The summed E-state index contributed by atoms with van der Waals surface area (Å²) < 4.78 is 12.2. The minimum Gasteiger partial charge on any atom is -0.354 e. The number of carbonyl (C=O) groups is 1. The zero-order valence-corrected chi connectivity index (χ0v) is 17.4. The molecule has 1 fully saturated rings. The number of amides is 1. The molecule has 6 nitrogen and oxygen atoms in total. The standard InChI is InChI=1S/C20H32N4O2S/c1-4-27(26)18-12-8-11-17(13-18)23-20(22-15-19(25)24(2)3)21-14-16-9-6-5-7-10-16/h5-7,9-10,17-18H,4,8,11-15H2,1-3H3,(H2,21,22,23). The fourth-order valence-electron chi connectivity index (χ4n) is 3.17. The van der Waals surface area contributed by atoms with Gasteiger partial charge in [0.15, 0.2) is 5.96 Å². The molecule has 3 atom stereocenters. The lowest BCUT2D eigenvalue weighted by atomic mass is 9.95. The van der Waals surface area contributed by atoms with E-state index < -0.39 is 10.8 Å². The second-order valence-corrected chi connectivity index (χ2v) is 9.10. The third-order valence-corrected chi connectivity index (χ3v) is 6.53. The molecule has 2 N–H and O–H groups in total. The highest BCUT2D eigenvalue weighted by molar-refractivity contribution is 7.85. The van der Waals surface area contributed by atoms with E-state index in [-0.39, 0.29) is 23.7 Å². The molecule has 0 bridgehead atoms. The van der Waals surface area contributed by atoms with Crippen LogP contribution in [0.15, 0.2) is 35.3 Å². The van der Waals surface area contributed by atoms with Crippen LogP contribution in [0.2, 0.25) is 0 Å². The molecule has 1 amide bonds. The smallest absolute Gasteiger partial charge is 0.241 e. The number of hydrogen-bond acceptors (Lipinski definition) is 3. The summed E-state index contributed by atoms with van der Waals surface area (Å²) in [7, 11) is 2.72. The van der Waals surface area contributed by atoms with E-state index in [0.29, 0.717) is 18.3 Å². The molecule has 2 rings (SSSR count). The highest BCUT2D eigenvalue weighted by Gasteiger charge is 2.26. The molecule has 0 aliphatic heterocycles. The SMILES string of the molecule is CCS(=O)C1CCCC(NC(=NCc2ccccc2)NCC(=O)N(C)C)C1. The number of hydrogen-bond donors (Lipinski definition) is 2. The van der Waals surface area contributed by atoms with E-state index in [0.717, 1.165) is 31.2 Å². The Hall–Kier alpha value is -1.89. The molecular weight excluding hydrogens is 360 g/mol. The topological polar surface area (TPSA) is 73.8 Å². The first-order chi connectivity index (χ1) is 13.0. The van der Waals surface area contributed by atoms with Crippen molar-refractivity contribution >= 4 is 22.7 Å². The summed E-state index contributed by atoms with van der Waals surface area (Å²) in [5.74, 6) is 1.35. The summed E-state index contributed by atoms with van der Waals surface area (Å²) in [6.07, 6.45) is 4.01. The first kappa shape index (κ1) is 21.4. The molecule has 0 aromatic heterocycles. The van der Waals surface area contributed by atoms with Gasteiger partial charge in [0.2, 0.25) is 5.91 Å². The predicted octanol–water partition coefficient (Wildman–Crippen LogP) is 1.89. The molecular formula is C20H32N4O2S. The van der Waals surface area contributed by atoms with Crippen LogP contribution in [0.1, 0.15) is 38.2 Å². The van der Waals surface area contributed by atoms with E-state index in [9.17, 15) is 9.00 Å². The van der Waals surface area contributed by atoms with Crippen molar-refractivity contribution in [1.29, 1.82) is 0 Å². The van der Waals surface area contributed by atoms with Gasteiger partial charge in [0.1, 0.15) is 0 Å². The number of guanidine groups is 1. The lowest BCUT2D eigenvalue weighted by Gasteiger charge is -2.30. The first-order valence-electron chi connectivity index (χ1n) is 9.65. The van der Waals surface area contributed by atoms with Crippen LogP contribution in [-0.2, 0) is 22.1 Å². The quantitative estimate of drug-likeness (QED) is 0.549. The minimum atomic E-state index is -0.761. The van der Waals surface area contributed by atoms with Gasteiger partial charge in [0, 0.05) is 41.9 Å². The third kappa shape index (κ3) is 7.33. The molecule has 0 radical (unpaired) electrons. The van der Waals surface area contributed by atoms with Crippen LogP contribution in [0.4, 0.5) is 0 Å². The lowest BCUT2D eigenvalue weighted by molar-refractivity contribution is -0.127. The Kier molecular flexibility index (Phi) is 8.78. The van der Waals surface area contributed by atoms with Gasteiger partial charge in [-0.25, -0.2) is 4.99 Å². The summed E-state index contributed by atoms with van der Waals surface area (Å²) >= 11 is 0. The number of benzene rings is 1. The molecule has 1 saturated carbocycles. The molecule has 3 unspecified atom stereocenters. The highest BCUT2D eigenvalue weighted by Crippen LogP contribution is 2.23. The van der Waals surface area contributed by atoms with Crippen LogP contribution in [0.3, 0.4) is 0 Å². The van der Waals surface area contributed by atoms with Crippen LogP contribution >= 0.6 is 0 Å². The average Bonchev–Trinajstić information content (AvgIpc) is 2.70. The van der Waals surface area contributed by atoms with Crippen molar-refractivity contribution in [2.75, 3.05) is 26.4 Å². The van der Waals surface area contributed by atoms with E-state index in [2.05, 4.69) is 15.6 Å². The number of rotatable bonds is 7. The van der Waals surface area contributed by atoms with E-state index in [1.807, 2.05) is 37.3 Å². The predicted molar refractivity (Wildman–Crippen MR) is 112 cm³/mol. The zero-order chi connectivity index (χ0) is 19.6. The van der Waals surface area contributed by atoms with Crippen LogP contribution in [-0.4, -0.2) is 58.7 Å². The molecule has 1 aliphatic rings. The Morgan fingerprint density at radius 3 is 2.67 bits per heavy atom. The van der Waals surface area contributed by atoms with Crippen LogP contribution in [0, 0.1) is 0 Å². The molecule has 0 heterocycles. The van der Waals surface area contributed by atoms with Gasteiger partial charge in [-0.15, -0.1) is 0 Å². The van der Waals surface area contributed by atoms with Crippen molar-refractivity contribution in [2.24, 2.45) is 4.99 Å². The maximum atomic E-state index is 12.2. The summed E-state index contributed by atoms with van der Waals surface area (Å²) in [4.78, 5) is 18.2. The molecule has 1 aliphatic carbocycles. The second kappa shape index (κ2) is 11.1. The van der Waals surface area contributed by atoms with Gasteiger partial charge in [0.25, 0.3) is 0 Å². The number of carbonyl (C=O) groups excluding carboxylic acids is 1. The van der Waals surface area contributed by atoms with Gasteiger partial charge in [-0.3, -0.25) is 9.00 Å². The second-order valence-electron chi connectivity index (χ2n) is 7.09. The van der Waals surface area contributed by atoms with Crippen molar-refractivity contribution in [2.45, 2.75) is 50.4 Å². The van der Waals surface area contributed by atoms with Crippen molar-refractivity contribution < 1.29 is 9.00 Å². The summed E-state index contributed by atoms with van der Waals surface area (Å²) in [6, 6.07) is 10.3. The van der Waals surface area contributed by atoms with E-state index in [1.54, 1.807) is 19.0 Å². The fraction of sp³-hybridized carbons (Fsp3) is 0.600. The Morgan fingerprint density at radius 2 is 2.00 bits per heavy atom. The first-order valence-corrected chi connectivity index (χ1v) is 11.0. The Bertz CT molecular complexity index is 649. The number of nitrogens with zero attached hydrogens (tertiary/aromatic N) is 2. The maximum Gasteiger partial charge on any atom is 0.241 e. The zero-order valence-electron chi connectivity index (χ0n) is 16.6. The molecule has 1 aromatic carbocycles. The molecule has 150 valence electrons. The Morgan fingerprint density at radius 1 is 1.26 bits per heavy atom. The van der Waals surface area contributed by atoms with Crippen LogP contribution < -0.4 is 10.6 Å². The van der Waals surface area contributed by atoms with Crippen LogP contribution in [0.5, 0.6) is 0 Å². The maximum absolute atomic E-state index is 12.2. The van der Waals surface area contributed by atoms with Gasteiger partial charge in [-0.05, 0) is 24.8 Å². The fourth-order valence-corrected chi connectivity index (χ4v) is 4.52. The summed E-state index contributed by atoms with van der Waals surface area (Å²) in [5.41, 5.74) is 1.12. The number of likely N-dealkylation sites (N-methyl/N-ethyl adjacent to an activating group) is 1. The van der Waals surface area contributed by atoms with Gasteiger partial charge >= 0.3 is 0 Å². The largest absolute Gasteiger partial charge is 0.354 e. The van der Waals surface area contributed by atoms with Crippen molar-refractivity contribution in [3.05, 3.63) is 35.9 Å². The lowest BCUT2D eigenvalue weighted by Crippen LogP contribution is -2.48. The Labute approximate surface area is 165 Å². The molecule has 0 saturated heterocycles. The molecule has 1 aromatic rings. The van der Waals surface area contributed by atoms with Gasteiger partial charge in [0.05, 0.1) is 13.1 Å². The number of aliphatic imine (C=N–C) groups is 1. The van der Waals surface area contributed by atoms with Crippen molar-refractivity contribution in [3.63, 3.8) is 0 Å². The molecule has 7 heteroatoms. The van der Waals surface area contributed by atoms with Gasteiger partial charge in [-0.1, -0.05) is 43.7 Å². The summed E-state index contributed by atoms with van der Waals surface area (Å²) in [6.45, 7) is 2.72. The van der Waals surface area contributed by atoms with Crippen LogP contribution in [0.25, 0.3) is 0 Å². The number of nitrogens with one attached hydrogen (secondary N) is 2. The van der Waals surface area contributed by atoms with Crippen molar-refractivity contribution in [3.8, 4) is 0 Å². The van der Waals surface area contributed by atoms with Gasteiger partial charge in [-0.2, -0.15) is 0 Å². The summed E-state index contributed by atoms with van der Waals surface area (Å²) in [5, 5.41) is 6.86. The highest BCUT2D eigenvalue weighted by atomic mass is 32.2. The van der Waals surface area contributed by atoms with E-state index in [1.165, 1.54) is 0 Å². The third-order valence-electron chi connectivity index (χ3n) is 4.79. The monoisotopic (exact) mass is 392 g/mol. The average molecular weight is 393 g/mol. The minimum absolute atomic E-state index is 0.00202. The van der Waals surface area contributed by atoms with E-state index in [4.69, 9.17) is 0 Å². The van der Waals surface area contributed by atoms with Gasteiger partial charge < -0.3 is 15.5 Å². The van der Waals surface area contributed by atoms with E-state index >= 15 is 0 Å². The van der Waals surface area contributed by atoms with Crippen molar-refractivity contribution in [1.82, 2.24) is 15.5 Å².